The fourth-order valence-corrected chi connectivity index (χ4v) is 12.6. The van der Waals surface area contributed by atoms with E-state index in [-0.39, 0.29) is 85.3 Å². The van der Waals surface area contributed by atoms with Gasteiger partial charge in [0, 0.05) is 66.6 Å². The number of fused-ring (bicyclic) bond motifs is 2. The zero-order valence-electron chi connectivity index (χ0n) is 48.6. The first-order valence-corrected chi connectivity index (χ1v) is 31.4. The van der Waals surface area contributed by atoms with E-state index in [0.717, 1.165) is 66.0 Å². The Morgan fingerprint density at radius 1 is 0.730 bits per heavy atom. The monoisotopic (exact) mass is 1220 g/mol. The molecule has 1 fully saturated rings. The zero-order chi connectivity index (χ0) is 62.9. The molecule has 6 aromatic rings. The highest BCUT2D eigenvalue weighted by Crippen LogP contribution is 2.41. The molecular formula is C67H67N8O13P. The molecule has 4 aliphatic heterocycles. The van der Waals surface area contributed by atoms with Gasteiger partial charge in [0.15, 0.2) is 0 Å². The number of para-hydroxylation sites is 1. The van der Waals surface area contributed by atoms with E-state index in [9.17, 15) is 62.3 Å². The summed E-state index contributed by atoms with van der Waals surface area (Å²) in [7, 11) is -5.34. The summed E-state index contributed by atoms with van der Waals surface area (Å²) in [5.41, 5.74) is 9.03. The number of carbonyl (C=O) groups excluding carboxylic acids is 10. The predicted molar refractivity (Wildman–Crippen MR) is 329 cm³/mol. The van der Waals surface area contributed by atoms with Gasteiger partial charge >= 0.3 is 7.60 Å². The third-order valence-corrected chi connectivity index (χ3v) is 17.5. The van der Waals surface area contributed by atoms with E-state index in [2.05, 4.69) is 38.4 Å². The van der Waals surface area contributed by atoms with Crippen LogP contribution in [0.5, 0.6) is 0 Å². The molecule has 0 aromatic heterocycles. The first kappa shape index (κ1) is 62.4. The third-order valence-electron chi connectivity index (χ3n) is 16.7. The number of piperidine rings is 1. The maximum Gasteiger partial charge on any atom is 0.396 e. The Morgan fingerprint density at radius 2 is 1.42 bits per heavy atom. The summed E-state index contributed by atoms with van der Waals surface area (Å²) >= 11 is 0. The normalized spacial score (nSPS) is 17.2. The zero-order valence-corrected chi connectivity index (χ0v) is 49.5. The van der Waals surface area contributed by atoms with Crippen molar-refractivity contribution in [2.75, 3.05) is 11.4 Å². The van der Waals surface area contributed by atoms with Crippen molar-refractivity contribution in [3.63, 3.8) is 0 Å². The molecule has 0 bridgehead atoms. The van der Waals surface area contributed by atoms with Gasteiger partial charge in [0.05, 0.1) is 11.7 Å². The molecule has 4 atom stereocenters. The summed E-state index contributed by atoms with van der Waals surface area (Å²) in [5.74, 6) is 1.45. The van der Waals surface area contributed by atoms with E-state index in [1.54, 1.807) is 18.2 Å². The molecule has 6 aromatic carbocycles. The number of nitrogens with two attached hydrogens (primary N) is 1. The second-order valence-corrected chi connectivity index (χ2v) is 24.2. The smallest absolute Gasteiger partial charge is 0.370 e. The first-order chi connectivity index (χ1) is 42.8. The lowest BCUT2D eigenvalue weighted by molar-refractivity contribution is -0.137. The molecular weight excluding hydrogens is 1160 g/mol. The van der Waals surface area contributed by atoms with E-state index >= 15 is 0 Å². The summed E-state index contributed by atoms with van der Waals surface area (Å²) in [4.78, 5) is 157. The van der Waals surface area contributed by atoms with Crippen LogP contribution in [0.2, 0.25) is 0 Å². The highest BCUT2D eigenvalue weighted by Gasteiger charge is 2.45. The number of primary amides is 1. The van der Waals surface area contributed by atoms with Gasteiger partial charge in [-0.25, -0.2) is 0 Å². The van der Waals surface area contributed by atoms with Gasteiger partial charge in [-0.2, -0.15) is 0 Å². The molecule has 4 aliphatic rings. The van der Waals surface area contributed by atoms with Crippen LogP contribution in [0.25, 0.3) is 10.8 Å². The van der Waals surface area contributed by atoms with Crippen LogP contribution in [0.1, 0.15) is 158 Å². The highest BCUT2D eigenvalue weighted by molar-refractivity contribution is 7.70. The summed E-state index contributed by atoms with van der Waals surface area (Å²) in [6.45, 7) is 0.498. The van der Waals surface area contributed by atoms with Crippen LogP contribution >= 0.6 is 7.60 Å². The number of anilines is 1. The number of imide groups is 1. The van der Waals surface area contributed by atoms with Crippen molar-refractivity contribution >= 4 is 82.7 Å². The molecule has 9 N–H and O–H groups in total. The Hall–Kier alpha value is -9.61. The minimum atomic E-state index is -5.34. The van der Waals surface area contributed by atoms with Gasteiger partial charge in [-0.05, 0) is 114 Å². The van der Waals surface area contributed by atoms with Gasteiger partial charge < -0.3 is 41.7 Å². The topological polar surface area (TPSA) is 321 Å². The minimum absolute atomic E-state index is 0.00704. The largest absolute Gasteiger partial charge is 0.396 e. The van der Waals surface area contributed by atoms with Gasteiger partial charge in [-0.15, -0.1) is 0 Å². The summed E-state index contributed by atoms with van der Waals surface area (Å²) in [6.07, 6.45) is 6.17. The second-order valence-electron chi connectivity index (χ2n) is 22.7. The van der Waals surface area contributed by atoms with Gasteiger partial charge in [-0.3, -0.25) is 62.7 Å². The SMILES string of the molecule is NC(=O)CC[C@H](NC(=O)[C@@H]1Cc2cccc3c2N1C(=O)[C@@H](NC(=O)c1ccc2c(C(=O)NCCCCCCCCC#Cc4cccc5c4CN(C4CCC(=O)NC4=O)C5=O)cc(C(=O)P(=O)(O)O)cc2c1)CC3)C(=O)NC(c1ccccc1)c1ccccc1. The highest BCUT2D eigenvalue weighted by atomic mass is 31.2. The molecule has 0 saturated carbocycles. The number of nitrogens with zero attached hydrogens (tertiary/aromatic N) is 2. The molecule has 1 unspecified atom stereocenters. The molecule has 4 heterocycles. The Balaban J connectivity index is 0.757. The van der Waals surface area contributed by atoms with Gasteiger partial charge in [-0.1, -0.05) is 129 Å². The van der Waals surface area contributed by atoms with E-state index in [4.69, 9.17) is 5.73 Å². The average Bonchev–Trinajstić information content (AvgIpc) is 1.71. The van der Waals surface area contributed by atoms with Gasteiger partial charge in [0.1, 0.15) is 24.2 Å². The van der Waals surface area contributed by atoms with Crippen molar-refractivity contribution in [2.45, 2.75) is 127 Å². The minimum Gasteiger partial charge on any atom is -0.370 e. The Morgan fingerprint density at radius 3 is 2.12 bits per heavy atom. The number of aryl methyl sites for hydroxylation is 1. The summed E-state index contributed by atoms with van der Waals surface area (Å²) < 4.78 is 12.3. The van der Waals surface area contributed by atoms with Gasteiger partial charge in [0.2, 0.25) is 35.4 Å². The second kappa shape index (κ2) is 27.6. The molecule has 9 amide bonds. The van der Waals surface area contributed by atoms with Crippen molar-refractivity contribution in [3.8, 4) is 11.8 Å². The van der Waals surface area contributed by atoms with Crippen molar-refractivity contribution in [2.24, 2.45) is 5.73 Å². The Bertz CT molecular complexity index is 3900. The van der Waals surface area contributed by atoms with Crippen molar-refractivity contribution < 1.29 is 62.3 Å². The number of hydrogen-bond donors (Lipinski definition) is 8. The molecule has 21 nitrogen and oxygen atoms in total. The number of carbonyl (C=O) groups is 10. The Labute approximate surface area is 513 Å². The van der Waals surface area contributed by atoms with Crippen LogP contribution in [0, 0.1) is 11.8 Å². The van der Waals surface area contributed by atoms with Crippen LogP contribution in [0.15, 0.2) is 127 Å². The van der Waals surface area contributed by atoms with Crippen molar-refractivity contribution in [1.82, 2.24) is 31.5 Å². The van der Waals surface area contributed by atoms with E-state index < -0.39 is 90.2 Å². The fourth-order valence-electron chi connectivity index (χ4n) is 12.1. The number of unbranched alkanes of at least 4 members (excludes halogenated alkanes) is 6. The lowest BCUT2D eigenvalue weighted by Gasteiger charge is -2.30. The summed E-state index contributed by atoms with van der Waals surface area (Å²) in [5, 5.41) is 14.3. The number of nitrogens with one attached hydrogen (secondary N) is 5. The number of rotatable bonds is 23. The molecule has 22 heteroatoms. The van der Waals surface area contributed by atoms with E-state index in [1.165, 1.54) is 34.1 Å². The van der Waals surface area contributed by atoms with Crippen LogP contribution in [-0.2, 0) is 52.7 Å². The molecule has 0 spiro atoms. The lowest BCUT2D eigenvalue weighted by atomic mass is 9.97. The van der Waals surface area contributed by atoms with Crippen LogP contribution in [-0.4, -0.2) is 104 Å². The predicted octanol–water partition coefficient (Wildman–Crippen LogP) is 6.09. The number of benzene rings is 6. The maximum atomic E-state index is 14.8. The van der Waals surface area contributed by atoms with E-state index in [0.29, 0.717) is 36.1 Å². The van der Waals surface area contributed by atoms with Crippen LogP contribution in [0.3, 0.4) is 0 Å². The molecule has 1 saturated heterocycles. The van der Waals surface area contributed by atoms with Crippen LogP contribution in [0.4, 0.5) is 5.69 Å². The van der Waals surface area contributed by atoms with Crippen molar-refractivity contribution in [3.05, 3.63) is 183 Å². The fraction of sp³-hybridized carbons (Fsp3) is 0.313. The Kier molecular flexibility index (Phi) is 19.4. The van der Waals surface area contributed by atoms with Crippen LogP contribution < -0.4 is 37.2 Å². The molecule has 458 valence electrons. The quantitative estimate of drug-likeness (QED) is 0.0156. The number of hydrogen-bond acceptors (Lipinski definition) is 11. The standard InChI is InChI=1S/C67H67N8O13P/c68-56(76)32-30-52(62(80)73-58(41-18-10-7-11-19-41)42-20-12-8-13-21-42)70-64(82)55-38-44-24-15-23-43-27-29-53(66(84)75(55)59(43)44)71-60(78)45-26-28-48-46(35-45)36-47(67(85)89(86,87)88)37-50(48)61(79)69-34-14-6-4-2-1-3-5-9-17-40-22-16-25-49-51(40)39-74(65(49)83)54-31-33-57(77)72-63(54)81/h7-8,10-13,15-16,18-26,28,35-37,52-55,58H,1-6,14,27,29-34,38-39H2,(H2,68,76)(H,69,79)(H,70,82)(H,71,78)(H,73,80)(H,72,77,81)(H2,86,87,88)/t52-,53-,54?,55-/m0/s1. The molecule has 89 heavy (non-hydrogen) atoms. The third kappa shape index (κ3) is 14.4. The molecule has 0 radical (unpaired) electrons. The number of amides is 9. The van der Waals surface area contributed by atoms with Crippen molar-refractivity contribution in [1.29, 1.82) is 0 Å². The molecule has 0 aliphatic carbocycles. The average molecular weight is 1220 g/mol. The molecule has 10 rings (SSSR count). The lowest BCUT2D eigenvalue weighted by Crippen LogP contribution is -2.57. The van der Waals surface area contributed by atoms with Gasteiger partial charge in [0.25, 0.3) is 23.2 Å². The van der Waals surface area contributed by atoms with E-state index in [1.807, 2.05) is 78.9 Å². The maximum absolute atomic E-state index is 14.8. The summed E-state index contributed by atoms with van der Waals surface area (Å²) in [6, 6.07) is 30.9. The first-order valence-electron chi connectivity index (χ1n) is 29.8.